The molecule has 1 atom stereocenters. The Morgan fingerprint density at radius 1 is 1.15 bits per heavy atom. The summed E-state index contributed by atoms with van der Waals surface area (Å²) in [6.07, 6.45) is 0.710. The summed E-state index contributed by atoms with van der Waals surface area (Å²) in [5.41, 5.74) is 2.05. The van der Waals surface area contributed by atoms with E-state index >= 15 is 0 Å². The number of para-hydroxylation sites is 2. The second kappa shape index (κ2) is 5.81. The summed E-state index contributed by atoms with van der Waals surface area (Å²) >= 11 is 8.24. The van der Waals surface area contributed by atoms with Crippen LogP contribution in [0.4, 0.5) is 0 Å². The fraction of sp³-hybridized carbons (Fsp3) is 0.188. The highest BCUT2D eigenvalue weighted by atomic mass is 35.5. The van der Waals surface area contributed by atoms with Crippen molar-refractivity contribution >= 4 is 33.2 Å². The van der Waals surface area contributed by atoms with Crippen molar-refractivity contribution in [3.05, 3.63) is 59.1 Å². The molecule has 20 heavy (non-hydrogen) atoms. The lowest BCUT2D eigenvalue weighted by Crippen LogP contribution is -1.98. The summed E-state index contributed by atoms with van der Waals surface area (Å²) in [6, 6.07) is 16.0. The van der Waals surface area contributed by atoms with Crippen molar-refractivity contribution in [2.24, 2.45) is 0 Å². The SMILES string of the molecule is COc1ccccc1C(Cl)Cc1nc2ccccc2s1. The number of halogens is 1. The first kappa shape index (κ1) is 13.4. The van der Waals surface area contributed by atoms with Gasteiger partial charge >= 0.3 is 0 Å². The van der Waals surface area contributed by atoms with Crippen LogP contribution in [0.1, 0.15) is 15.9 Å². The molecule has 0 aliphatic heterocycles. The van der Waals surface area contributed by atoms with Crippen molar-refractivity contribution in [1.82, 2.24) is 4.98 Å². The van der Waals surface area contributed by atoms with E-state index in [1.165, 1.54) is 4.70 Å². The van der Waals surface area contributed by atoms with Crippen LogP contribution in [0.5, 0.6) is 5.75 Å². The lowest BCUT2D eigenvalue weighted by Gasteiger charge is -2.12. The highest BCUT2D eigenvalue weighted by Gasteiger charge is 2.15. The van der Waals surface area contributed by atoms with E-state index in [0.29, 0.717) is 6.42 Å². The molecule has 0 bridgehead atoms. The summed E-state index contributed by atoms with van der Waals surface area (Å²) in [7, 11) is 1.67. The van der Waals surface area contributed by atoms with Crippen molar-refractivity contribution in [2.45, 2.75) is 11.8 Å². The number of rotatable bonds is 4. The van der Waals surface area contributed by atoms with Crippen molar-refractivity contribution in [2.75, 3.05) is 7.11 Å². The predicted octanol–water partition coefficient (Wildman–Crippen LogP) is 4.83. The van der Waals surface area contributed by atoms with Crippen molar-refractivity contribution in [1.29, 1.82) is 0 Å². The summed E-state index contributed by atoms with van der Waals surface area (Å²) < 4.78 is 6.56. The van der Waals surface area contributed by atoms with Gasteiger partial charge in [-0.2, -0.15) is 0 Å². The molecule has 2 nitrogen and oxygen atoms in total. The Labute approximate surface area is 127 Å². The Morgan fingerprint density at radius 2 is 1.90 bits per heavy atom. The van der Waals surface area contributed by atoms with Crippen LogP contribution < -0.4 is 4.74 Å². The third-order valence-corrected chi connectivity index (χ3v) is 4.62. The molecular formula is C16H14ClNOS. The first-order chi connectivity index (χ1) is 9.78. The van der Waals surface area contributed by atoms with Gasteiger partial charge in [0.05, 0.1) is 27.7 Å². The van der Waals surface area contributed by atoms with Gasteiger partial charge in [0.25, 0.3) is 0 Å². The number of thiazole rings is 1. The van der Waals surface area contributed by atoms with Gasteiger partial charge in [0, 0.05) is 12.0 Å². The van der Waals surface area contributed by atoms with Gasteiger partial charge in [0.1, 0.15) is 5.75 Å². The molecule has 0 aliphatic rings. The number of alkyl halides is 1. The van der Waals surface area contributed by atoms with E-state index in [1.54, 1.807) is 18.4 Å². The quantitative estimate of drug-likeness (QED) is 0.644. The lowest BCUT2D eigenvalue weighted by atomic mass is 10.1. The topological polar surface area (TPSA) is 22.1 Å². The van der Waals surface area contributed by atoms with E-state index < -0.39 is 0 Å². The zero-order valence-electron chi connectivity index (χ0n) is 11.0. The predicted molar refractivity (Wildman–Crippen MR) is 84.9 cm³/mol. The average molecular weight is 304 g/mol. The summed E-state index contributed by atoms with van der Waals surface area (Å²) in [5, 5.41) is 0.920. The molecule has 4 heteroatoms. The molecule has 2 aromatic carbocycles. The number of methoxy groups -OCH3 is 1. The maximum Gasteiger partial charge on any atom is 0.123 e. The molecule has 0 radical (unpaired) electrons. The van der Waals surface area contributed by atoms with Crippen LogP contribution in [0.2, 0.25) is 0 Å². The molecule has 0 N–H and O–H groups in total. The van der Waals surface area contributed by atoms with E-state index in [9.17, 15) is 0 Å². The Balaban J connectivity index is 1.86. The molecule has 1 aromatic heterocycles. The van der Waals surface area contributed by atoms with Crippen LogP contribution in [0.15, 0.2) is 48.5 Å². The number of benzene rings is 2. The Kier molecular flexibility index (Phi) is 3.90. The molecule has 1 unspecified atom stereocenters. The fourth-order valence-corrected chi connectivity index (χ4v) is 3.63. The molecular weight excluding hydrogens is 290 g/mol. The Hall–Kier alpha value is -1.58. The van der Waals surface area contributed by atoms with Crippen LogP contribution in [0.3, 0.4) is 0 Å². The number of fused-ring (bicyclic) bond motifs is 1. The second-order valence-electron chi connectivity index (χ2n) is 4.49. The van der Waals surface area contributed by atoms with Gasteiger partial charge in [-0.25, -0.2) is 4.98 Å². The van der Waals surface area contributed by atoms with Gasteiger partial charge in [-0.3, -0.25) is 0 Å². The van der Waals surface area contributed by atoms with Gasteiger partial charge in [0.2, 0.25) is 0 Å². The minimum atomic E-state index is -0.133. The molecule has 3 aromatic rings. The molecule has 0 amide bonds. The molecule has 102 valence electrons. The third-order valence-electron chi connectivity index (χ3n) is 3.17. The monoisotopic (exact) mass is 303 g/mol. The van der Waals surface area contributed by atoms with Gasteiger partial charge in [-0.1, -0.05) is 30.3 Å². The zero-order valence-corrected chi connectivity index (χ0v) is 12.6. The highest BCUT2D eigenvalue weighted by Crippen LogP contribution is 2.34. The minimum absolute atomic E-state index is 0.133. The number of hydrogen-bond donors (Lipinski definition) is 0. The Bertz CT molecular complexity index is 692. The van der Waals surface area contributed by atoms with E-state index in [2.05, 4.69) is 11.1 Å². The lowest BCUT2D eigenvalue weighted by molar-refractivity contribution is 0.409. The Morgan fingerprint density at radius 3 is 2.70 bits per heavy atom. The number of ether oxygens (including phenoxy) is 1. The average Bonchev–Trinajstić information content (AvgIpc) is 2.89. The molecule has 0 saturated carbocycles. The first-order valence-corrected chi connectivity index (χ1v) is 7.64. The van der Waals surface area contributed by atoms with Crippen LogP contribution in [0.25, 0.3) is 10.2 Å². The summed E-state index contributed by atoms with van der Waals surface area (Å²) in [5.74, 6) is 0.827. The van der Waals surface area contributed by atoms with Crippen LogP contribution in [0, 0.1) is 0 Å². The third kappa shape index (κ3) is 2.65. The first-order valence-electron chi connectivity index (χ1n) is 6.39. The van der Waals surface area contributed by atoms with Gasteiger partial charge in [-0.15, -0.1) is 22.9 Å². The number of aromatic nitrogens is 1. The van der Waals surface area contributed by atoms with Gasteiger partial charge in [-0.05, 0) is 18.2 Å². The summed E-state index contributed by atoms with van der Waals surface area (Å²) in [6.45, 7) is 0. The van der Waals surface area contributed by atoms with Gasteiger partial charge in [0.15, 0.2) is 0 Å². The normalized spacial score (nSPS) is 12.5. The fourth-order valence-electron chi connectivity index (χ4n) is 2.20. The van der Waals surface area contributed by atoms with E-state index in [4.69, 9.17) is 16.3 Å². The second-order valence-corrected chi connectivity index (χ2v) is 6.13. The zero-order chi connectivity index (χ0) is 13.9. The molecule has 0 spiro atoms. The molecule has 0 fully saturated rings. The van der Waals surface area contributed by atoms with E-state index in [0.717, 1.165) is 21.8 Å². The van der Waals surface area contributed by atoms with E-state index in [-0.39, 0.29) is 5.38 Å². The highest BCUT2D eigenvalue weighted by molar-refractivity contribution is 7.18. The van der Waals surface area contributed by atoms with Crippen molar-refractivity contribution in [3.8, 4) is 5.75 Å². The number of hydrogen-bond acceptors (Lipinski definition) is 3. The molecule has 0 aliphatic carbocycles. The largest absolute Gasteiger partial charge is 0.496 e. The number of nitrogens with zero attached hydrogens (tertiary/aromatic N) is 1. The van der Waals surface area contributed by atoms with Crippen LogP contribution in [-0.2, 0) is 6.42 Å². The standard InChI is InChI=1S/C16H14ClNOS/c1-19-14-8-4-2-6-11(14)12(17)10-16-18-13-7-3-5-9-15(13)20-16/h2-9,12H,10H2,1H3. The van der Waals surface area contributed by atoms with Crippen LogP contribution >= 0.6 is 22.9 Å². The molecule has 1 heterocycles. The summed E-state index contributed by atoms with van der Waals surface area (Å²) in [4.78, 5) is 4.63. The maximum atomic E-state index is 6.54. The maximum absolute atomic E-state index is 6.54. The van der Waals surface area contributed by atoms with Crippen LogP contribution in [-0.4, -0.2) is 12.1 Å². The van der Waals surface area contributed by atoms with Gasteiger partial charge < -0.3 is 4.74 Å². The smallest absolute Gasteiger partial charge is 0.123 e. The minimum Gasteiger partial charge on any atom is -0.496 e. The molecule has 0 saturated heterocycles. The van der Waals surface area contributed by atoms with Crippen molar-refractivity contribution < 1.29 is 4.74 Å². The molecule has 3 rings (SSSR count). The van der Waals surface area contributed by atoms with Crippen molar-refractivity contribution in [3.63, 3.8) is 0 Å². The van der Waals surface area contributed by atoms with E-state index in [1.807, 2.05) is 42.5 Å².